The summed E-state index contributed by atoms with van der Waals surface area (Å²) in [6.07, 6.45) is 0.714. The van der Waals surface area contributed by atoms with E-state index < -0.39 is 0 Å². The van der Waals surface area contributed by atoms with Gasteiger partial charge in [0.2, 0.25) is 0 Å². The van der Waals surface area contributed by atoms with Gasteiger partial charge in [-0.2, -0.15) is 0 Å². The number of ether oxygens (including phenoxy) is 1. The zero-order valence-corrected chi connectivity index (χ0v) is 14.3. The Balaban J connectivity index is 1.44. The summed E-state index contributed by atoms with van der Waals surface area (Å²) in [6.45, 7) is 1.05. The lowest BCUT2D eigenvalue weighted by atomic mass is 10.1. The van der Waals surface area contributed by atoms with E-state index in [1.807, 2.05) is 54.6 Å². The van der Waals surface area contributed by atoms with Crippen molar-refractivity contribution in [3.8, 4) is 5.75 Å². The average Bonchev–Trinajstić information content (AvgIpc) is 2.68. The highest BCUT2D eigenvalue weighted by Crippen LogP contribution is 2.14. The Hall–Kier alpha value is -3.14. The van der Waals surface area contributed by atoms with Crippen LogP contribution in [0.4, 0.5) is 4.39 Å². The maximum Gasteiger partial charge on any atom is 0.251 e. The van der Waals surface area contributed by atoms with E-state index in [4.69, 9.17) is 4.74 Å². The molecule has 0 heterocycles. The topological polar surface area (TPSA) is 38.3 Å². The molecule has 26 heavy (non-hydrogen) atoms. The highest BCUT2D eigenvalue weighted by molar-refractivity contribution is 5.94. The van der Waals surface area contributed by atoms with Crippen molar-refractivity contribution in [1.29, 1.82) is 0 Å². The number of rotatable bonds is 7. The van der Waals surface area contributed by atoms with Crippen LogP contribution in [0.3, 0.4) is 0 Å². The quantitative estimate of drug-likeness (QED) is 0.687. The molecule has 3 aromatic rings. The number of amides is 1. The van der Waals surface area contributed by atoms with Crippen LogP contribution in [0.15, 0.2) is 78.9 Å². The molecule has 0 atom stereocenters. The minimum atomic E-state index is -0.351. The number of carbonyl (C=O) groups is 1. The van der Waals surface area contributed by atoms with Crippen molar-refractivity contribution in [1.82, 2.24) is 5.32 Å². The molecular weight excluding hydrogens is 329 g/mol. The fourth-order valence-corrected chi connectivity index (χ4v) is 2.52. The molecule has 1 N–H and O–H groups in total. The summed E-state index contributed by atoms with van der Waals surface area (Å²) in [6, 6.07) is 23.4. The molecule has 0 saturated heterocycles. The van der Waals surface area contributed by atoms with E-state index >= 15 is 0 Å². The molecule has 132 valence electrons. The van der Waals surface area contributed by atoms with Crippen LogP contribution in [0.25, 0.3) is 0 Å². The van der Waals surface area contributed by atoms with Crippen LogP contribution in [0, 0.1) is 5.82 Å². The average molecular weight is 349 g/mol. The fraction of sp³-hybridized carbons (Fsp3) is 0.136. The number of nitrogens with one attached hydrogen (secondary N) is 1. The second kappa shape index (κ2) is 8.81. The van der Waals surface area contributed by atoms with Gasteiger partial charge in [0.1, 0.15) is 18.2 Å². The monoisotopic (exact) mass is 349 g/mol. The van der Waals surface area contributed by atoms with Gasteiger partial charge >= 0.3 is 0 Å². The van der Waals surface area contributed by atoms with Crippen LogP contribution in [-0.2, 0) is 13.0 Å². The Labute approximate surface area is 152 Å². The summed E-state index contributed by atoms with van der Waals surface area (Å²) in [7, 11) is 0. The van der Waals surface area contributed by atoms with Crippen LogP contribution in [-0.4, -0.2) is 12.5 Å². The van der Waals surface area contributed by atoms with Crippen molar-refractivity contribution in [2.75, 3.05) is 6.54 Å². The highest BCUT2D eigenvalue weighted by Gasteiger charge is 2.05. The van der Waals surface area contributed by atoms with Crippen LogP contribution >= 0.6 is 0 Å². The van der Waals surface area contributed by atoms with Crippen LogP contribution in [0.1, 0.15) is 21.5 Å². The Kier molecular flexibility index (Phi) is 5.99. The molecule has 0 unspecified atom stereocenters. The van der Waals surface area contributed by atoms with Gasteiger partial charge in [-0.25, -0.2) is 4.39 Å². The van der Waals surface area contributed by atoms with Crippen molar-refractivity contribution < 1.29 is 13.9 Å². The second-order valence-electron chi connectivity index (χ2n) is 5.93. The van der Waals surface area contributed by atoms with Crippen LogP contribution < -0.4 is 10.1 Å². The first-order valence-corrected chi connectivity index (χ1v) is 8.50. The minimum Gasteiger partial charge on any atom is -0.489 e. The molecule has 0 saturated carbocycles. The van der Waals surface area contributed by atoms with Crippen LogP contribution in [0.5, 0.6) is 5.75 Å². The molecule has 0 aliphatic rings. The smallest absolute Gasteiger partial charge is 0.251 e. The van der Waals surface area contributed by atoms with Crippen molar-refractivity contribution in [2.24, 2.45) is 0 Å². The third-order valence-electron chi connectivity index (χ3n) is 3.98. The van der Waals surface area contributed by atoms with E-state index in [2.05, 4.69) is 5.32 Å². The molecule has 0 spiro atoms. The molecule has 1 amide bonds. The van der Waals surface area contributed by atoms with Gasteiger partial charge in [-0.3, -0.25) is 4.79 Å². The van der Waals surface area contributed by atoms with Crippen molar-refractivity contribution in [3.63, 3.8) is 0 Å². The lowest BCUT2D eigenvalue weighted by Crippen LogP contribution is -2.25. The Morgan fingerprint density at radius 1 is 0.846 bits per heavy atom. The predicted octanol–water partition coefficient (Wildman–Crippen LogP) is 4.38. The summed E-state index contributed by atoms with van der Waals surface area (Å²) in [5.41, 5.74) is 2.69. The van der Waals surface area contributed by atoms with E-state index in [-0.39, 0.29) is 11.7 Å². The molecule has 0 aliphatic heterocycles. The van der Waals surface area contributed by atoms with Gasteiger partial charge in [0.15, 0.2) is 0 Å². The third-order valence-corrected chi connectivity index (χ3v) is 3.98. The third kappa shape index (κ3) is 5.18. The van der Waals surface area contributed by atoms with Gasteiger partial charge in [-0.05, 0) is 53.9 Å². The van der Waals surface area contributed by atoms with Crippen molar-refractivity contribution in [3.05, 3.63) is 101 Å². The molecule has 3 rings (SSSR count). The van der Waals surface area contributed by atoms with Crippen LogP contribution in [0.2, 0.25) is 0 Å². The molecule has 0 aliphatic carbocycles. The van der Waals surface area contributed by atoms with Gasteiger partial charge in [0, 0.05) is 12.1 Å². The molecule has 3 aromatic carbocycles. The normalized spacial score (nSPS) is 10.3. The number of hydrogen-bond donors (Lipinski definition) is 1. The molecule has 0 radical (unpaired) electrons. The first-order chi connectivity index (χ1) is 12.7. The Morgan fingerprint density at radius 2 is 1.54 bits per heavy atom. The SMILES string of the molecule is O=C(NCCc1ccc(OCc2ccccc2)cc1)c1ccc(F)cc1. The number of hydrogen-bond acceptors (Lipinski definition) is 2. The molecular formula is C22H20FNO2. The molecule has 4 heteroatoms. The number of benzene rings is 3. The molecule has 0 aromatic heterocycles. The molecule has 0 fully saturated rings. The maximum atomic E-state index is 12.9. The number of carbonyl (C=O) groups excluding carboxylic acids is 1. The standard InChI is InChI=1S/C22H20FNO2/c23-20-10-8-19(9-11-20)22(25)24-15-14-17-6-12-21(13-7-17)26-16-18-4-2-1-3-5-18/h1-13H,14-16H2,(H,24,25). The van der Waals surface area contributed by atoms with E-state index in [0.717, 1.165) is 16.9 Å². The summed E-state index contributed by atoms with van der Waals surface area (Å²) in [5.74, 6) is 0.261. The maximum absolute atomic E-state index is 12.9. The Morgan fingerprint density at radius 3 is 2.23 bits per heavy atom. The lowest BCUT2D eigenvalue weighted by molar-refractivity contribution is 0.0954. The number of halogens is 1. The molecule has 0 bridgehead atoms. The van der Waals surface area contributed by atoms with Gasteiger partial charge < -0.3 is 10.1 Å². The summed E-state index contributed by atoms with van der Waals surface area (Å²) < 4.78 is 18.6. The van der Waals surface area contributed by atoms with Crippen molar-refractivity contribution in [2.45, 2.75) is 13.0 Å². The summed E-state index contributed by atoms with van der Waals surface area (Å²) in [4.78, 5) is 12.0. The van der Waals surface area contributed by atoms with Gasteiger partial charge in [0.25, 0.3) is 5.91 Å². The van der Waals surface area contributed by atoms with Gasteiger partial charge in [0.05, 0.1) is 0 Å². The second-order valence-corrected chi connectivity index (χ2v) is 5.93. The Bertz CT molecular complexity index is 830. The summed E-state index contributed by atoms with van der Waals surface area (Å²) in [5, 5.41) is 2.84. The van der Waals surface area contributed by atoms with E-state index in [0.29, 0.717) is 25.1 Å². The van der Waals surface area contributed by atoms with Gasteiger partial charge in [-0.1, -0.05) is 42.5 Å². The molecule has 3 nitrogen and oxygen atoms in total. The first-order valence-electron chi connectivity index (χ1n) is 8.50. The largest absolute Gasteiger partial charge is 0.489 e. The zero-order chi connectivity index (χ0) is 18.2. The minimum absolute atomic E-state index is 0.201. The highest BCUT2D eigenvalue weighted by atomic mass is 19.1. The predicted molar refractivity (Wildman–Crippen MR) is 99.7 cm³/mol. The fourth-order valence-electron chi connectivity index (χ4n) is 2.52. The van der Waals surface area contributed by atoms with Gasteiger partial charge in [-0.15, -0.1) is 0 Å². The van der Waals surface area contributed by atoms with E-state index in [1.54, 1.807) is 0 Å². The first kappa shape index (κ1) is 17.7. The van der Waals surface area contributed by atoms with Crippen molar-refractivity contribution >= 4 is 5.91 Å². The van der Waals surface area contributed by atoms with E-state index in [9.17, 15) is 9.18 Å². The van der Waals surface area contributed by atoms with E-state index in [1.165, 1.54) is 24.3 Å². The summed E-state index contributed by atoms with van der Waals surface area (Å²) >= 11 is 0. The lowest BCUT2D eigenvalue weighted by Gasteiger charge is -2.08. The zero-order valence-electron chi connectivity index (χ0n) is 14.3.